The molecule has 2 aliphatic rings. The molecule has 0 saturated carbocycles. The maximum absolute atomic E-state index is 13.2. The molecule has 3 N–H and O–H groups in total. The van der Waals surface area contributed by atoms with Crippen molar-refractivity contribution in [2.45, 2.75) is 12.8 Å². The summed E-state index contributed by atoms with van der Waals surface area (Å²) in [7, 11) is 0. The van der Waals surface area contributed by atoms with Crippen LogP contribution in [0.4, 0.5) is 10.5 Å². The number of ether oxygens (including phenoxy) is 1. The van der Waals surface area contributed by atoms with E-state index in [9.17, 15) is 9.59 Å². The highest BCUT2D eigenvalue weighted by Crippen LogP contribution is 2.31. The average molecular weight is 538 g/mol. The molecular weight excluding hydrogens is 510 g/mol. The number of hydrogen-bond donors (Lipinski definition) is 3. The van der Waals surface area contributed by atoms with Gasteiger partial charge in [0.25, 0.3) is 5.91 Å². The first-order valence-electron chi connectivity index (χ1n) is 13.4. The predicted octanol–water partition coefficient (Wildman–Crippen LogP) is 3.66. The maximum atomic E-state index is 13.2. The van der Waals surface area contributed by atoms with E-state index in [1.807, 2.05) is 35.2 Å². The van der Waals surface area contributed by atoms with Crippen LogP contribution in [-0.2, 0) is 4.74 Å². The van der Waals surface area contributed by atoms with Crippen LogP contribution in [0.15, 0.2) is 48.9 Å². The number of pyridine rings is 2. The molecule has 0 aliphatic carbocycles. The molecule has 40 heavy (non-hydrogen) atoms. The van der Waals surface area contributed by atoms with Crippen LogP contribution >= 0.6 is 0 Å². The lowest BCUT2D eigenvalue weighted by Gasteiger charge is -2.26. The number of anilines is 1. The molecule has 202 valence electrons. The van der Waals surface area contributed by atoms with Gasteiger partial charge in [-0.05, 0) is 37.1 Å². The van der Waals surface area contributed by atoms with Gasteiger partial charge in [-0.2, -0.15) is 5.10 Å². The standard InChI is InChI=1S/C28H27N9O3/c38-27(36-6-1-2-7-36)20-4-3-5-22-23(20)33-26(32-22)24-21-13-18(15-30-25(21)35-34-24)17-12-19(16-29-14-17)31-28(39)37-8-10-40-11-9-37/h3-5,12-16H,1-2,6-11H2,(H,31,39)(H,32,33)(H,30,34,35). The van der Waals surface area contributed by atoms with E-state index >= 15 is 0 Å². The van der Waals surface area contributed by atoms with Gasteiger partial charge < -0.3 is 24.8 Å². The van der Waals surface area contributed by atoms with E-state index in [4.69, 9.17) is 9.72 Å². The third-order valence-corrected chi connectivity index (χ3v) is 7.40. The van der Waals surface area contributed by atoms with Crippen molar-refractivity contribution in [3.63, 3.8) is 0 Å². The number of likely N-dealkylation sites (tertiary alicyclic amines) is 1. The average Bonchev–Trinajstić information content (AvgIpc) is 3.76. The number of H-pyrrole nitrogens is 2. The Hall–Kier alpha value is -4.84. The third-order valence-electron chi connectivity index (χ3n) is 7.40. The lowest BCUT2D eigenvalue weighted by Crippen LogP contribution is -2.43. The summed E-state index contributed by atoms with van der Waals surface area (Å²) in [4.78, 5) is 46.4. The topological polar surface area (TPSA) is 145 Å². The van der Waals surface area contributed by atoms with E-state index in [-0.39, 0.29) is 11.9 Å². The van der Waals surface area contributed by atoms with Crippen LogP contribution in [0.2, 0.25) is 0 Å². The number of carbonyl (C=O) groups is 2. The van der Waals surface area contributed by atoms with Gasteiger partial charge in [0, 0.05) is 49.7 Å². The summed E-state index contributed by atoms with van der Waals surface area (Å²) in [5.74, 6) is 0.552. The number of fused-ring (bicyclic) bond motifs is 2. The molecule has 7 rings (SSSR count). The second kappa shape index (κ2) is 10.0. The zero-order valence-corrected chi connectivity index (χ0v) is 21.7. The van der Waals surface area contributed by atoms with Crippen LogP contribution < -0.4 is 5.32 Å². The van der Waals surface area contributed by atoms with Crippen molar-refractivity contribution in [2.75, 3.05) is 44.7 Å². The number of nitrogens with zero attached hydrogens (tertiary/aromatic N) is 6. The molecule has 2 aliphatic heterocycles. The number of benzene rings is 1. The molecule has 1 aromatic carbocycles. The van der Waals surface area contributed by atoms with Gasteiger partial charge in [0.2, 0.25) is 0 Å². The zero-order chi connectivity index (χ0) is 27.1. The molecular formula is C28H27N9O3. The van der Waals surface area contributed by atoms with Crippen LogP contribution in [0.1, 0.15) is 23.2 Å². The Balaban J connectivity index is 1.20. The number of aromatic amines is 2. The van der Waals surface area contributed by atoms with Gasteiger partial charge >= 0.3 is 6.03 Å². The van der Waals surface area contributed by atoms with Gasteiger partial charge in [0.1, 0.15) is 11.2 Å². The second-order valence-electron chi connectivity index (χ2n) is 9.97. The van der Waals surface area contributed by atoms with E-state index in [1.54, 1.807) is 23.5 Å². The second-order valence-corrected chi connectivity index (χ2v) is 9.97. The summed E-state index contributed by atoms with van der Waals surface area (Å²) in [6, 6.07) is 9.26. The lowest BCUT2D eigenvalue weighted by atomic mass is 10.1. The number of urea groups is 1. The van der Waals surface area contributed by atoms with Gasteiger partial charge in [-0.3, -0.25) is 14.9 Å². The third kappa shape index (κ3) is 4.41. The number of amides is 3. The molecule has 0 unspecified atom stereocenters. The fourth-order valence-corrected chi connectivity index (χ4v) is 5.28. The summed E-state index contributed by atoms with van der Waals surface area (Å²) >= 11 is 0. The minimum atomic E-state index is -0.180. The number of para-hydroxylation sites is 1. The first kappa shape index (κ1) is 24.2. The van der Waals surface area contributed by atoms with E-state index < -0.39 is 0 Å². The van der Waals surface area contributed by atoms with E-state index in [1.165, 1.54) is 0 Å². The highest BCUT2D eigenvalue weighted by atomic mass is 16.5. The fraction of sp³-hybridized carbons (Fsp3) is 0.286. The summed E-state index contributed by atoms with van der Waals surface area (Å²) in [6.45, 7) is 3.73. The first-order chi connectivity index (χ1) is 19.6. The maximum Gasteiger partial charge on any atom is 0.322 e. The normalized spacial score (nSPS) is 15.7. The smallest absolute Gasteiger partial charge is 0.322 e. The molecule has 0 radical (unpaired) electrons. The molecule has 12 heteroatoms. The molecule has 6 heterocycles. The van der Waals surface area contributed by atoms with Crippen molar-refractivity contribution in [1.29, 1.82) is 0 Å². The van der Waals surface area contributed by atoms with Crippen LogP contribution in [0.3, 0.4) is 0 Å². The number of imidazole rings is 1. The summed E-state index contributed by atoms with van der Waals surface area (Å²) in [5, 5.41) is 11.2. The number of rotatable bonds is 4. The van der Waals surface area contributed by atoms with Crippen molar-refractivity contribution < 1.29 is 14.3 Å². The fourth-order valence-electron chi connectivity index (χ4n) is 5.28. The largest absolute Gasteiger partial charge is 0.378 e. The van der Waals surface area contributed by atoms with Crippen molar-refractivity contribution in [3.05, 3.63) is 54.5 Å². The minimum absolute atomic E-state index is 0.00471. The van der Waals surface area contributed by atoms with Crippen molar-refractivity contribution in [2.24, 2.45) is 0 Å². The number of hydrogen-bond acceptors (Lipinski definition) is 7. The summed E-state index contributed by atoms with van der Waals surface area (Å²) < 4.78 is 5.33. The number of carbonyl (C=O) groups excluding carboxylic acids is 2. The Morgan fingerprint density at radius 1 is 0.950 bits per heavy atom. The molecule has 2 fully saturated rings. The highest BCUT2D eigenvalue weighted by molar-refractivity contribution is 6.06. The van der Waals surface area contributed by atoms with E-state index in [0.717, 1.165) is 48.0 Å². The molecule has 2 saturated heterocycles. The van der Waals surface area contributed by atoms with Gasteiger partial charge in [0.05, 0.1) is 41.6 Å². The molecule has 0 spiro atoms. The molecule has 4 aromatic heterocycles. The Morgan fingerprint density at radius 3 is 2.62 bits per heavy atom. The predicted molar refractivity (Wildman–Crippen MR) is 149 cm³/mol. The van der Waals surface area contributed by atoms with Crippen LogP contribution in [-0.4, -0.2) is 91.3 Å². The summed E-state index contributed by atoms with van der Waals surface area (Å²) in [5.41, 5.74) is 5.39. The van der Waals surface area contributed by atoms with Crippen molar-refractivity contribution in [1.82, 2.24) is 39.9 Å². The first-order valence-corrected chi connectivity index (χ1v) is 13.4. The molecule has 0 atom stereocenters. The molecule has 0 bridgehead atoms. The highest BCUT2D eigenvalue weighted by Gasteiger charge is 2.24. The number of morpholine rings is 1. The van der Waals surface area contributed by atoms with Gasteiger partial charge in [-0.15, -0.1) is 0 Å². The summed E-state index contributed by atoms with van der Waals surface area (Å²) in [6.07, 6.45) is 7.14. The van der Waals surface area contributed by atoms with Crippen LogP contribution in [0, 0.1) is 0 Å². The monoisotopic (exact) mass is 537 g/mol. The Bertz CT molecular complexity index is 1730. The van der Waals surface area contributed by atoms with Crippen molar-refractivity contribution in [3.8, 4) is 22.6 Å². The Morgan fingerprint density at radius 2 is 1.77 bits per heavy atom. The quantitative estimate of drug-likeness (QED) is 0.317. The molecule has 12 nitrogen and oxygen atoms in total. The Kier molecular flexibility index (Phi) is 6.08. The van der Waals surface area contributed by atoms with Crippen LogP contribution in [0.5, 0.6) is 0 Å². The number of aromatic nitrogens is 6. The van der Waals surface area contributed by atoms with Crippen LogP contribution in [0.25, 0.3) is 44.7 Å². The van der Waals surface area contributed by atoms with Gasteiger partial charge in [0.15, 0.2) is 11.5 Å². The molecule has 5 aromatic rings. The Labute approximate surface area is 228 Å². The van der Waals surface area contributed by atoms with Crippen molar-refractivity contribution >= 4 is 39.7 Å². The SMILES string of the molecule is O=C(Nc1cncc(-c2cnc3[nH]nc(-c4nc5c(C(=O)N6CCCC6)cccc5[nH]4)c3c2)c1)N1CCOCC1. The van der Waals surface area contributed by atoms with E-state index in [2.05, 4.69) is 30.5 Å². The minimum Gasteiger partial charge on any atom is -0.378 e. The number of nitrogens with one attached hydrogen (secondary N) is 3. The van der Waals surface area contributed by atoms with Gasteiger partial charge in [-0.1, -0.05) is 6.07 Å². The zero-order valence-electron chi connectivity index (χ0n) is 21.7. The molecule has 3 amide bonds. The van der Waals surface area contributed by atoms with E-state index in [0.29, 0.717) is 60.2 Å². The van der Waals surface area contributed by atoms with Gasteiger partial charge in [-0.25, -0.2) is 14.8 Å². The lowest BCUT2D eigenvalue weighted by molar-refractivity contribution is 0.0564.